The summed E-state index contributed by atoms with van der Waals surface area (Å²) in [7, 11) is 0. The average Bonchev–Trinajstić information content (AvgIpc) is 3.09. The molecule has 1 aliphatic carbocycles. The van der Waals surface area contributed by atoms with Gasteiger partial charge in [0, 0.05) is 43.0 Å². The highest BCUT2D eigenvalue weighted by molar-refractivity contribution is 7.99. The number of fused-ring (bicyclic) bond motifs is 1. The van der Waals surface area contributed by atoms with Gasteiger partial charge in [0.2, 0.25) is 5.91 Å². The Hall–Kier alpha value is -2.25. The minimum absolute atomic E-state index is 0.0431. The zero-order valence-electron chi connectivity index (χ0n) is 21.0. The van der Waals surface area contributed by atoms with E-state index >= 15 is 0 Å². The molecule has 1 aromatic heterocycles. The fourth-order valence-corrected chi connectivity index (χ4v) is 5.82. The Morgan fingerprint density at radius 1 is 1.06 bits per heavy atom. The first kappa shape index (κ1) is 25.8. The van der Waals surface area contributed by atoms with Crippen molar-refractivity contribution in [2.45, 2.75) is 70.0 Å². The number of hydrogen-bond acceptors (Lipinski definition) is 6. The monoisotopic (exact) mass is 494 g/mol. The quantitative estimate of drug-likeness (QED) is 0.313. The first-order chi connectivity index (χ1) is 17.0. The second-order valence-corrected chi connectivity index (χ2v) is 11.2. The molecule has 4 rings (SSSR count). The lowest BCUT2D eigenvalue weighted by Crippen LogP contribution is -2.39. The van der Waals surface area contributed by atoms with Gasteiger partial charge in [-0.25, -0.2) is 9.97 Å². The number of Topliss-reactive ketones (excluding diaryl/α,β-unsaturated/α-hetero) is 1. The van der Waals surface area contributed by atoms with Gasteiger partial charge in [0.15, 0.2) is 10.9 Å². The highest BCUT2D eigenvalue weighted by Crippen LogP contribution is 2.28. The number of carbonyl (C=O) groups is 2. The maximum Gasteiger partial charge on any atom is 0.230 e. The van der Waals surface area contributed by atoms with Gasteiger partial charge in [0.25, 0.3) is 0 Å². The van der Waals surface area contributed by atoms with Crippen molar-refractivity contribution in [3.63, 3.8) is 0 Å². The molecule has 1 amide bonds. The number of hydrogen-bond donors (Lipinski definition) is 1. The van der Waals surface area contributed by atoms with E-state index in [1.165, 1.54) is 42.2 Å². The summed E-state index contributed by atoms with van der Waals surface area (Å²) in [5, 5.41) is 3.85. The summed E-state index contributed by atoms with van der Waals surface area (Å²) in [5.41, 5.74) is 3.62. The molecule has 1 saturated carbocycles. The highest BCUT2D eigenvalue weighted by atomic mass is 32.2. The van der Waals surface area contributed by atoms with Gasteiger partial charge in [-0.3, -0.25) is 9.59 Å². The molecule has 1 fully saturated rings. The molecule has 2 aromatic rings. The van der Waals surface area contributed by atoms with Crippen LogP contribution in [0.15, 0.2) is 41.8 Å². The molecule has 35 heavy (non-hydrogen) atoms. The number of amides is 1. The summed E-state index contributed by atoms with van der Waals surface area (Å²) in [6, 6.07) is 8.41. The summed E-state index contributed by atoms with van der Waals surface area (Å²) < 4.78 is 0. The standard InChI is InChI=1S/C28H38N4O2S/c1-20(2)27(34)24-7-6-22-11-16-32(17-12-23(22)18-24)15-10-21-4-8-25(9-5-21)31-26(33)19-35-28-29-13-3-14-30-28/h3,6-7,13-14,18,20-21,25H,4-5,8-12,15-17,19H2,1-2H3,(H,31,33). The van der Waals surface area contributed by atoms with Crippen LogP contribution in [-0.2, 0) is 17.6 Å². The Kier molecular flexibility index (Phi) is 9.32. The molecule has 0 spiro atoms. The fraction of sp³-hybridized carbons (Fsp3) is 0.571. The van der Waals surface area contributed by atoms with E-state index in [4.69, 9.17) is 0 Å². The van der Waals surface area contributed by atoms with Gasteiger partial charge in [-0.15, -0.1) is 0 Å². The van der Waals surface area contributed by atoms with Gasteiger partial charge in [0.1, 0.15) is 0 Å². The van der Waals surface area contributed by atoms with Crippen molar-refractivity contribution in [3.8, 4) is 0 Å². The number of rotatable bonds is 9. The van der Waals surface area contributed by atoms with Crippen molar-refractivity contribution < 1.29 is 9.59 Å². The van der Waals surface area contributed by atoms with Crippen molar-refractivity contribution in [2.75, 3.05) is 25.4 Å². The van der Waals surface area contributed by atoms with Crippen LogP contribution in [0.3, 0.4) is 0 Å². The van der Waals surface area contributed by atoms with Crippen LogP contribution >= 0.6 is 11.8 Å². The average molecular weight is 495 g/mol. The van der Waals surface area contributed by atoms with E-state index in [9.17, 15) is 9.59 Å². The maximum absolute atomic E-state index is 12.4. The second-order valence-electron chi connectivity index (χ2n) is 10.2. The van der Waals surface area contributed by atoms with Crippen LogP contribution in [0.2, 0.25) is 0 Å². The van der Waals surface area contributed by atoms with Gasteiger partial charge in [0.05, 0.1) is 5.75 Å². The Balaban J connectivity index is 1.15. The SMILES string of the molecule is CC(C)C(=O)c1ccc2c(c1)CCN(CCC1CCC(NC(=O)CSc3ncccn3)CC1)CC2. The highest BCUT2D eigenvalue weighted by Gasteiger charge is 2.24. The molecule has 1 aromatic carbocycles. The van der Waals surface area contributed by atoms with E-state index in [-0.39, 0.29) is 17.6 Å². The molecule has 0 radical (unpaired) electrons. The van der Waals surface area contributed by atoms with Gasteiger partial charge in [-0.2, -0.15) is 0 Å². The van der Waals surface area contributed by atoms with Crippen LogP contribution in [0.1, 0.15) is 67.4 Å². The van der Waals surface area contributed by atoms with Crippen LogP contribution in [0, 0.1) is 11.8 Å². The van der Waals surface area contributed by atoms with Crippen molar-refractivity contribution in [1.82, 2.24) is 20.2 Å². The smallest absolute Gasteiger partial charge is 0.230 e. The molecule has 1 aliphatic heterocycles. The van der Waals surface area contributed by atoms with Crippen molar-refractivity contribution in [2.24, 2.45) is 11.8 Å². The van der Waals surface area contributed by atoms with Crippen molar-refractivity contribution in [3.05, 3.63) is 53.3 Å². The van der Waals surface area contributed by atoms with Crippen LogP contribution < -0.4 is 5.32 Å². The number of nitrogens with zero attached hydrogens (tertiary/aromatic N) is 3. The molecule has 2 heterocycles. The zero-order valence-corrected chi connectivity index (χ0v) is 21.9. The van der Waals surface area contributed by atoms with Crippen LogP contribution in [0.5, 0.6) is 0 Å². The molecule has 2 aliphatic rings. The summed E-state index contributed by atoms with van der Waals surface area (Å²) in [5.74, 6) is 1.48. The van der Waals surface area contributed by atoms with E-state index in [2.05, 4.69) is 32.3 Å². The molecule has 1 N–H and O–H groups in total. The Bertz CT molecular complexity index is 990. The van der Waals surface area contributed by atoms with E-state index in [0.29, 0.717) is 17.0 Å². The predicted molar refractivity (Wildman–Crippen MR) is 141 cm³/mol. The van der Waals surface area contributed by atoms with Crippen LogP contribution in [0.25, 0.3) is 0 Å². The first-order valence-electron chi connectivity index (χ1n) is 13.1. The van der Waals surface area contributed by atoms with Gasteiger partial charge in [-0.1, -0.05) is 37.7 Å². The lowest BCUT2D eigenvalue weighted by Gasteiger charge is -2.30. The van der Waals surface area contributed by atoms with Crippen molar-refractivity contribution >= 4 is 23.5 Å². The van der Waals surface area contributed by atoms with Gasteiger partial charge >= 0.3 is 0 Å². The minimum atomic E-state index is 0.0431. The number of thioether (sulfide) groups is 1. The van der Waals surface area contributed by atoms with E-state index in [0.717, 1.165) is 56.8 Å². The second kappa shape index (κ2) is 12.6. The third-order valence-corrected chi connectivity index (χ3v) is 8.23. The Morgan fingerprint density at radius 3 is 2.49 bits per heavy atom. The number of benzene rings is 1. The lowest BCUT2D eigenvalue weighted by atomic mass is 9.84. The molecular weight excluding hydrogens is 456 g/mol. The molecule has 0 saturated heterocycles. The van der Waals surface area contributed by atoms with E-state index in [1.54, 1.807) is 18.5 Å². The number of ketones is 1. The normalized spacial score (nSPS) is 20.8. The molecule has 7 heteroatoms. The van der Waals surface area contributed by atoms with E-state index in [1.807, 2.05) is 19.9 Å². The minimum Gasteiger partial charge on any atom is -0.353 e. The lowest BCUT2D eigenvalue weighted by molar-refractivity contribution is -0.119. The Labute approximate surface area is 213 Å². The van der Waals surface area contributed by atoms with Gasteiger partial charge < -0.3 is 10.2 Å². The summed E-state index contributed by atoms with van der Waals surface area (Å²) in [6.45, 7) is 7.25. The molecule has 6 nitrogen and oxygen atoms in total. The third kappa shape index (κ3) is 7.61. The first-order valence-corrected chi connectivity index (χ1v) is 14.0. The van der Waals surface area contributed by atoms with E-state index < -0.39 is 0 Å². The summed E-state index contributed by atoms with van der Waals surface area (Å²) in [4.78, 5) is 35.6. The summed E-state index contributed by atoms with van der Waals surface area (Å²) in [6.07, 6.45) is 11.2. The maximum atomic E-state index is 12.4. The van der Waals surface area contributed by atoms with Crippen molar-refractivity contribution in [1.29, 1.82) is 0 Å². The summed E-state index contributed by atoms with van der Waals surface area (Å²) >= 11 is 1.39. The number of aromatic nitrogens is 2. The number of nitrogens with one attached hydrogen (secondary N) is 1. The Morgan fingerprint density at radius 2 is 1.77 bits per heavy atom. The molecule has 188 valence electrons. The fourth-order valence-electron chi connectivity index (χ4n) is 5.20. The zero-order chi connectivity index (χ0) is 24.6. The molecule has 0 bridgehead atoms. The number of carbonyl (C=O) groups excluding carboxylic acids is 2. The molecular formula is C28H38N4O2S. The van der Waals surface area contributed by atoms with Crippen LogP contribution in [-0.4, -0.2) is 58.0 Å². The molecule has 0 atom stereocenters. The largest absolute Gasteiger partial charge is 0.353 e. The third-order valence-electron chi connectivity index (χ3n) is 7.35. The molecule has 0 unspecified atom stereocenters. The topological polar surface area (TPSA) is 75.2 Å². The van der Waals surface area contributed by atoms with Gasteiger partial charge in [-0.05, 0) is 80.7 Å². The van der Waals surface area contributed by atoms with Crippen LogP contribution in [0.4, 0.5) is 0 Å². The predicted octanol–water partition coefficient (Wildman–Crippen LogP) is 4.57.